The second-order valence-corrected chi connectivity index (χ2v) is 8.96. The summed E-state index contributed by atoms with van der Waals surface area (Å²) in [6, 6.07) is 22.9. The molecular formula is C30H35N3O5. The van der Waals surface area contributed by atoms with Gasteiger partial charge in [0.2, 0.25) is 0 Å². The summed E-state index contributed by atoms with van der Waals surface area (Å²) in [6.07, 6.45) is 3.67. The van der Waals surface area contributed by atoms with E-state index in [-0.39, 0.29) is 12.4 Å². The summed E-state index contributed by atoms with van der Waals surface area (Å²) in [7, 11) is 4.84. The molecule has 0 bridgehead atoms. The average Bonchev–Trinajstić information content (AvgIpc) is 3.34. The van der Waals surface area contributed by atoms with Crippen molar-refractivity contribution < 1.29 is 24.5 Å². The van der Waals surface area contributed by atoms with Crippen LogP contribution in [0.2, 0.25) is 0 Å². The van der Waals surface area contributed by atoms with E-state index in [0.29, 0.717) is 12.5 Å². The zero-order valence-electron chi connectivity index (χ0n) is 22.2. The number of carbonyl (C=O) groups is 2. The van der Waals surface area contributed by atoms with Crippen LogP contribution in [0.4, 0.5) is 5.69 Å². The van der Waals surface area contributed by atoms with Crippen molar-refractivity contribution in [2.45, 2.75) is 38.1 Å². The van der Waals surface area contributed by atoms with Gasteiger partial charge in [0.05, 0.1) is 23.8 Å². The first-order valence-electron chi connectivity index (χ1n) is 12.5. The molecule has 2 atom stereocenters. The molecule has 0 radical (unpaired) electrons. The van der Waals surface area contributed by atoms with Crippen molar-refractivity contribution in [2.75, 3.05) is 26.2 Å². The van der Waals surface area contributed by atoms with Crippen LogP contribution >= 0.6 is 0 Å². The minimum atomic E-state index is -0.258. The topological polar surface area (TPSA) is 105 Å². The van der Waals surface area contributed by atoms with Crippen LogP contribution < -0.4 is 9.64 Å². The molecule has 0 saturated heterocycles. The Balaban J connectivity index is 0.000000748. The van der Waals surface area contributed by atoms with Gasteiger partial charge in [-0.3, -0.25) is 9.36 Å². The lowest BCUT2D eigenvalue weighted by Crippen LogP contribution is -2.33. The number of carboxylic acid groups (broad SMARTS) is 1. The summed E-state index contributed by atoms with van der Waals surface area (Å²) in [5, 5.41) is 13.9. The van der Waals surface area contributed by atoms with Gasteiger partial charge in [-0.05, 0) is 49.6 Å². The molecule has 4 aromatic rings. The number of aryl methyl sites for hydroxylation is 1. The van der Waals surface area contributed by atoms with Gasteiger partial charge in [-0.1, -0.05) is 36.4 Å². The molecule has 8 nitrogen and oxygen atoms in total. The minimum absolute atomic E-state index is 0.250. The van der Waals surface area contributed by atoms with Crippen molar-refractivity contribution in [3.05, 3.63) is 83.7 Å². The van der Waals surface area contributed by atoms with Gasteiger partial charge in [0.25, 0.3) is 6.47 Å². The summed E-state index contributed by atoms with van der Waals surface area (Å²) in [5.74, 6) is 1.42. The highest BCUT2D eigenvalue weighted by molar-refractivity contribution is 5.87. The van der Waals surface area contributed by atoms with Crippen LogP contribution in [0.5, 0.6) is 5.75 Å². The average molecular weight is 518 g/mol. The van der Waals surface area contributed by atoms with Gasteiger partial charge >= 0.3 is 0 Å². The number of rotatable bonds is 6. The van der Waals surface area contributed by atoms with Crippen molar-refractivity contribution >= 4 is 29.5 Å². The molecule has 8 heteroatoms. The number of hydrogen-bond acceptors (Lipinski definition) is 6. The van der Waals surface area contributed by atoms with E-state index >= 15 is 0 Å². The second kappa shape index (κ2) is 13.4. The predicted molar refractivity (Wildman–Crippen MR) is 150 cm³/mol. The van der Waals surface area contributed by atoms with Gasteiger partial charge in [-0.2, -0.15) is 0 Å². The van der Waals surface area contributed by atoms with Crippen molar-refractivity contribution in [1.29, 1.82) is 0 Å². The molecular weight excluding hydrogens is 482 g/mol. The van der Waals surface area contributed by atoms with E-state index in [9.17, 15) is 4.79 Å². The summed E-state index contributed by atoms with van der Waals surface area (Å²) in [5.41, 5.74) is 6.63. The third-order valence-electron chi connectivity index (χ3n) is 6.94. The Morgan fingerprint density at radius 1 is 1.08 bits per heavy atom. The molecule has 0 fully saturated rings. The molecule has 5 rings (SSSR count). The maximum Gasteiger partial charge on any atom is 0.290 e. The van der Waals surface area contributed by atoms with Gasteiger partial charge < -0.3 is 24.6 Å². The number of hydrogen-bond donors (Lipinski definition) is 2. The number of anilines is 1. The van der Waals surface area contributed by atoms with Gasteiger partial charge in [-0.15, -0.1) is 0 Å². The van der Waals surface area contributed by atoms with E-state index in [2.05, 4.69) is 41.6 Å². The lowest BCUT2D eigenvalue weighted by molar-refractivity contribution is -0.122. The quantitative estimate of drug-likeness (QED) is 0.359. The Morgan fingerprint density at radius 3 is 2.45 bits per heavy atom. The minimum Gasteiger partial charge on any atom is -0.497 e. The number of benzene rings is 3. The molecule has 0 aliphatic carbocycles. The van der Waals surface area contributed by atoms with E-state index in [1.165, 1.54) is 11.3 Å². The molecule has 0 saturated carbocycles. The molecule has 0 spiro atoms. The molecule has 38 heavy (non-hydrogen) atoms. The van der Waals surface area contributed by atoms with Crippen molar-refractivity contribution in [1.82, 2.24) is 9.55 Å². The monoisotopic (exact) mass is 517 g/mol. The Kier molecular flexibility index (Phi) is 10.0. The van der Waals surface area contributed by atoms with Crippen LogP contribution in [-0.4, -0.2) is 59.8 Å². The molecule has 3 aromatic carbocycles. The zero-order valence-corrected chi connectivity index (χ0v) is 22.2. The maximum atomic E-state index is 12.1. The van der Waals surface area contributed by atoms with E-state index in [4.69, 9.17) is 24.7 Å². The van der Waals surface area contributed by atoms with Crippen LogP contribution in [0.25, 0.3) is 16.7 Å². The number of ether oxygens (including phenoxy) is 1. The highest BCUT2D eigenvalue weighted by atomic mass is 16.5. The first kappa shape index (κ1) is 28.4. The summed E-state index contributed by atoms with van der Waals surface area (Å²) in [6.45, 7) is 2.02. The van der Waals surface area contributed by atoms with E-state index in [0.717, 1.165) is 60.1 Å². The normalized spacial score (nSPS) is 14.8. The molecule has 2 N–H and O–H groups in total. The standard InChI is InChI=1S/C28H29N3O2.CH2O2.CH4O/c1-19-12-13-24-25(30(19)2)14-15-26-28(24)29-27(16-21(18-32)20-8-5-4-6-9-20)31(26)22-10-7-11-23(17-22)33-3;2-1-3;1-2/h4-11,14-15,17-19,21H,12-13,16H2,1-3H3;1H,(H,2,3);2H,1H3. The van der Waals surface area contributed by atoms with Crippen LogP contribution in [0, 0.1) is 0 Å². The van der Waals surface area contributed by atoms with Crippen LogP contribution in [0.15, 0.2) is 66.7 Å². The summed E-state index contributed by atoms with van der Waals surface area (Å²) in [4.78, 5) is 28.0. The fourth-order valence-corrected chi connectivity index (χ4v) is 4.91. The van der Waals surface area contributed by atoms with Crippen molar-refractivity contribution in [3.8, 4) is 11.4 Å². The smallest absolute Gasteiger partial charge is 0.290 e. The fraction of sp³-hybridized carbons (Fsp3) is 0.300. The molecule has 2 heterocycles. The van der Waals surface area contributed by atoms with Crippen LogP contribution in [-0.2, 0) is 22.4 Å². The number of fused-ring (bicyclic) bond motifs is 3. The molecule has 1 aliphatic heterocycles. The zero-order chi connectivity index (χ0) is 27.7. The second-order valence-electron chi connectivity index (χ2n) is 8.96. The Hall–Kier alpha value is -4.17. The van der Waals surface area contributed by atoms with Crippen LogP contribution in [0.3, 0.4) is 0 Å². The molecule has 1 aliphatic rings. The number of aldehydes is 1. The molecule has 2 unspecified atom stereocenters. The Morgan fingerprint density at radius 2 is 1.79 bits per heavy atom. The van der Waals surface area contributed by atoms with E-state index in [1.54, 1.807) is 7.11 Å². The maximum absolute atomic E-state index is 12.1. The molecule has 0 amide bonds. The Bertz CT molecular complexity index is 1350. The number of methoxy groups -OCH3 is 1. The van der Waals surface area contributed by atoms with Crippen molar-refractivity contribution in [3.63, 3.8) is 0 Å². The SMILES string of the molecule is CO.COc1cccc(-n2c(CC(C=O)c3ccccc3)nc3c4c(ccc32)N(C)C(C)CC4)c1.O=CO. The van der Waals surface area contributed by atoms with E-state index < -0.39 is 0 Å². The number of carbonyl (C=O) groups excluding carboxylic acids is 1. The predicted octanol–water partition coefficient (Wildman–Crippen LogP) is 4.64. The lowest BCUT2D eigenvalue weighted by atomic mass is 9.96. The largest absolute Gasteiger partial charge is 0.497 e. The number of imidazole rings is 1. The summed E-state index contributed by atoms with van der Waals surface area (Å²) >= 11 is 0. The molecule has 1 aromatic heterocycles. The number of aliphatic hydroxyl groups excluding tert-OH is 1. The number of aromatic nitrogens is 2. The number of aliphatic hydroxyl groups is 1. The first-order chi connectivity index (χ1) is 18.5. The van der Waals surface area contributed by atoms with Gasteiger partial charge in [0, 0.05) is 49.9 Å². The third-order valence-corrected chi connectivity index (χ3v) is 6.94. The lowest BCUT2D eigenvalue weighted by Gasteiger charge is -2.33. The third kappa shape index (κ3) is 5.86. The van der Waals surface area contributed by atoms with Gasteiger partial charge in [-0.25, -0.2) is 4.98 Å². The highest BCUT2D eigenvalue weighted by Gasteiger charge is 2.26. The summed E-state index contributed by atoms with van der Waals surface area (Å²) < 4.78 is 7.69. The first-order valence-corrected chi connectivity index (χ1v) is 12.5. The fourth-order valence-electron chi connectivity index (χ4n) is 4.91. The van der Waals surface area contributed by atoms with Gasteiger partial charge in [0.1, 0.15) is 17.9 Å². The van der Waals surface area contributed by atoms with Crippen molar-refractivity contribution in [2.24, 2.45) is 0 Å². The van der Waals surface area contributed by atoms with Gasteiger partial charge in [0.15, 0.2) is 0 Å². The molecule has 200 valence electrons. The number of nitrogens with zero attached hydrogens (tertiary/aromatic N) is 3. The Labute approximate surface area is 223 Å². The van der Waals surface area contributed by atoms with E-state index in [1.807, 2.05) is 48.5 Å². The highest BCUT2D eigenvalue weighted by Crippen LogP contribution is 2.37. The van der Waals surface area contributed by atoms with Crippen LogP contribution in [0.1, 0.15) is 36.2 Å².